The molecule has 7 heteroatoms. The SMILES string of the molecule is CC(=N[C@H](c1ccc(C)cc1)c1cccs1)c1c(O)[nH]c(=O)[nH]c1=O. The van der Waals surface area contributed by atoms with Gasteiger partial charge in [0.15, 0.2) is 0 Å². The van der Waals surface area contributed by atoms with Crippen molar-refractivity contribution in [3.63, 3.8) is 0 Å². The first kappa shape index (κ1) is 16.9. The second kappa shape index (κ2) is 6.90. The molecular weight excluding hydrogens is 338 g/mol. The molecule has 0 unspecified atom stereocenters. The summed E-state index contributed by atoms with van der Waals surface area (Å²) in [6, 6.07) is 11.6. The molecule has 3 rings (SSSR count). The molecule has 0 aliphatic rings. The van der Waals surface area contributed by atoms with Gasteiger partial charge in [0.05, 0.1) is 5.71 Å². The molecule has 0 spiro atoms. The number of aryl methyl sites for hydroxylation is 1. The Morgan fingerprint density at radius 1 is 1.16 bits per heavy atom. The lowest BCUT2D eigenvalue weighted by Crippen LogP contribution is -2.27. The standard InChI is InChI=1S/C18H17N3O3S/c1-10-5-7-12(8-6-10)15(13-4-3-9-25-13)19-11(2)14-16(22)20-18(24)21-17(14)23/h3-9,15H,1-2H3,(H3,20,21,22,23,24)/t15-/m1/s1. The van der Waals surface area contributed by atoms with E-state index in [1.54, 1.807) is 18.3 Å². The number of thiophene rings is 1. The van der Waals surface area contributed by atoms with Crippen molar-refractivity contribution in [2.75, 3.05) is 0 Å². The van der Waals surface area contributed by atoms with Crippen LogP contribution >= 0.6 is 11.3 Å². The Labute approximate surface area is 147 Å². The third-order valence-electron chi connectivity index (χ3n) is 3.81. The molecule has 0 aliphatic heterocycles. The summed E-state index contributed by atoms with van der Waals surface area (Å²) in [6.07, 6.45) is 0. The maximum Gasteiger partial charge on any atom is 0.328 e. The Hall–Kier alpha value is -2.93. The van der Waals surface area contributed by atoms with Crippen LogP contribution in [-0.4, -0.2) is 20.8 Å². The Morgan fingerprint density at radius 2 is 1.88 bits per heavy atom. The molecule has 0 fully saturated rings. The van der Waals surface area contributed by atoms with Crippen molar-refractivity contribution >= 4 is 17.0 Å². The zero-order valence-corrected chi connectivity index (χ0v) is 14.6. The van der Waals surface area contributed by atoms with E-state index >= 15 is 0 Å². The van der Waals surface area contributed by atoms with Gasteiger partial charge in [0, 0.05) is 4.88 Å². The maximum atomic E-state index is 12.0. The van der Waals surface area contributed by atoms with Gasteiger partial charge in [0.2, 0.25) is 5.88 Å². The van der Waals surface area contributed by atoms with Crippen molar-refractivity contribution in [3.8, 4) is 5.88 Å². The molecule has 0 saturated carbocycles. The largest absolute Gasteiger partial charge is 0.494 e. The highest BCUT2D eigenvalue weighted by Crippen LogP contribution is 2.30. The molecule has 6 nitrogen and oxygen atoms in total. The van der Waals surface area contributed by atoms with Crippen LogP contribution < -0.4 is 11.2 Å². The van der Waals surface area contributed by atoms with Crippen LogP contribution in [-0.2, 0) is 0 Å². The third-order valence-corrected chi connectivity index (χ3v) is 4.74. The van der Waals surface area contributed by atoms with E-state index in [0.717, 1.165) is 16.0 Å². The normalized spacial score (nSPS) is 13.0. The molecule has 2 heterocycles. The molecule has 1 aromatic carbocycles. The smallest absolute Gasteiger partial charge is 0.328 e. The van der Waals surface area contributed by atoms with E-state index in [0.29, 0.717) is 5.71 Å². The van der Waals surface area contributed by atoms with Crippen LogP contribution in [0.5, 0.6) is 5.88 Å². The fourth-order valence-electron chi connectivity index (χ4n) is 2.57. The fraction of sp³-hybridized carbons (Fsp3) is 0.167. The van der Waals surface area contributed by atoms with Gasteiger partial charge in [-0.05, 0) is 30.9 Å². The average molecular weight is 355 g/mol. The fourth-order valence-corrected chi connectivity index (χ4v) is 3.36. The predicted octanol–water partition coefficient (Wildman–Crippen LogP) is 2.74. The zero-order chi connectivity index (χ0) is 18.0. The minimum absolute atomic E-state index is 0.0340. The number of aliphatic imine (C=N–C) groups is 1. The number of nitrogens with zero attached hydrogens (tertiary/aromatic N) is 1. The number of nitrogens with one attached hydrogen (secondary N) is 2. The number of benzene rings is 1. The summed E-state index contributed by atoms with van der Waals surface area (Å²) in [5.74, 6) is -0.483. The minimum atomic E-state index is -0.757. The van der Waals surface area contributed by atoms with Crippen LogP contribution in [0.25, 0.3) is 0 Å². The summed E-state index contributed by atoms with van der Waals surface area (Å²) in [7, 11) is 0. The lowest BCUT2D eigenvalue weighted by Gasteiger charge is -2.14. The van der Waals surface area contributed by atoms with Gasteiger partial charge in [0.25, 0.3) is 5.56 Å². The highest BCUT2D eigenvalue weighted by molar-refractivity contribution is 7.10. The van der Waals surface area contributed by atoms with Gasteiger partial charge in [-0.2, -0.15) is 0 Å². The summed E-state index contributed by atoms with van der Waals surface area (Å²) in [6.45, 7) is 3.65. The van der Waals surface area contributed by atoms with E-state index in [2.05, 4.69) is 15.0 Å². The predicted molar refractivity (Wildman–Crippen MR) is 98.9 cm³/mol. The number of aromatic hydroxyl groups is 1. The van der Waals surface area contributed by atoms with Gasteiger partial charge in [0.1, 0.15) is 11.6 Å². The molecule has 0 bridgehead atoms. The van der Waals surface area contributed by atoms with Crippen molar-refractivity contribution < 1.29 is 5.11 Å². The number of hydrogen-bond donors (Lipinski definition) is 3. The number of hydrogen-bond acceptors (Lipinski definition) is 5. The van der Waals surface area contributed by atoms with Crippen LogP contribution in [0.3, 0.4) is 0 Å². The molecule has 1 atom stereocenters. The minimum Gasteiger partial charge on any atom is -0.494 e. The summed E-state index contributed by atoms with van der Waals surface area (Å²) in [4.78, 5) is 33.3. The second-order valence-corrected chi connectivity index (χ2v) is 6.65. The zero-order valence-electron chi connectivity index (χ0n) is 13.7. The number of aromatic nitrogens is 2. The lowest BCUT2D eigenvalue weighted by molar-refractivity contribution is 0.447. The van der Waals surface area contributed by atoms with Crippen molar-refractivity contribution in [1.29, 1.82) is 0 Å². The third kappa shape index (κ3) is 3.61. The number of rotatable bonds is 4. The monoisotopic (exact) mass is 355 g/mol. The van der Waals surface area contributed by atoms with E-state index in [-0.39, 0.29) is 11.6 Å². The number of aromatic amines is 2. The van der Waals surface area contributed by atoms with E-state index in [4.69, 9.17) is 0 Å². The van der Waals surface area contributed by atoms with Crippen LogP contribution in [0.1, 0.15) is 34.5 Å². The van der Waals surface area contributed by atoms with E-state index < -0.39 is 17.1 Å². The molecule has 0 radical (unpaired) electrons. The maximum absolute atomic E-state index is 12.0. The quantitative estimate of drug-likeness (QED) is 0.628. The summed E-state index contributed by atoms with van der Waals surface area (Å²) >= 11 is 1.56. The summed E-state index contributed by atoms with van der Waals surface area (Å²) < 4.78 is 0. The van der Waals surface area contributed by atoms with Gasteiger partial charge in [-0.1, -0.05) is 35.9 Å². The average Bonchev–Trinajstić information content (AvgIpc) is 3.06. The molecule has 3 aromatic rings. The molecule has 128 valence electrons. The first-order valence-corrected chi connectivity index (χ1v) is 8.54. The Kier molecular flexibility index (Phi) is 4.67. The molecule has 0 aliphatic carbocycles. The van der Waals surface area contributed by atoms with Crippen LogP contribution in [0.2, 0.25) is 0 Å². The van der Waals surface area contributed by atoms with Crippen molar-refractivity contribution in [1.82, 2.24) is 9.97 Å². The lowest BCUT2D eigenvalue weighted by atomic mass is 10.0. The Balaban J connectivity index is 2.12. The van der Waals surface area contributed by atoms with Crippen molar-refractivity contribution in [2.24, 2.45) is 4.99 Å². The first-order chi connectivity index (χ1) is 12.0. The van der Waals surface area contributed by atoms with E-state index in [1.165, 1.54) is 0 Å². The van der Waals surface area contributed by atoms with Gasteiger partial charge < -0.3 is 5.11 Å². The van der Waals surface area contributed by atoms with Crippen LogP contribution in [0.4, 0.5) is 0 Å². The second-order valence-electron chi connectivity index (χ2n) is 5.68. The van der Waals surface area contributed by atoms with Gasteiger partial charge >= 0.3 is 5.69 Å². The molecule has 3 N–H and O–H groups in total. The Morgan fingerprint density at radius 3 is 2.48 bits per heavy atom. The molecule has 25 heavy (non-hydrogen) atoms. The highest BCUT2D eigenvalue weighted by Gasteiger charge is 2.18. The number of H-pyrrole nitrogens is 2. The van der Waals surface area contributed by atoms with Gasteiger partial charge in [-0.25, -0.2) is 4.79 Å². The van der Waals surface area contributed by atoms with Crippen molar-refractivity contribution in [3.05, 3.63) is 84.2 Å². The first-order valence-electron chi connectivity index (χ1n) is 7.66. The Bertz CT molecular complexity index is 1010. The molecule has 0 amide bonds. The summed E-state index contributed by atoms with van der Waals surface area (Å²) in [5.41, 5.74) is 1.00. The molecule has 2 aromatic heterocycles. The molecule has 0 saturated heterocycles. The summed E-state index contributed by atoms with van der Waals surface area (Å²) in [5, 5.41) is 11.9. The van der Waals surface area contributed by atoms with Gasteiger partial charge in [-0.3, -0.25) is 19.8 Å². The van der Waals surface area contributed by atoms with Crippen LogP contribution in [0.15, 0.2) is 56.4 Å². The molecular formula is C18H17N3O3S. The highest BCUT2D eigenvalue weighted by atomic mass is 32.1. The van der Waals surface area contributed by atoms with Crippen LogP contribution in [0, 0.1) is 6.92 Å². The van der Waals surface area contributed by atoms with Crippen molar-refractivity contribution in [2.45, 2.75) is 19.9 Å². The topological polar surface area (TPSA) is 98.3 Å². The van der Waals surface area contributed by atoms with E-state index in [1.807, 2.05) is 48.7 Å². The van der Waals surface area contributed by atoms with E-state index in [9.17, 15) is 14.7 Å². The van der Waals surface area contributed by atoms with Gasteiger partial charge in [-0.15, -0.1) is 11.3 Å².